The SMILES string of the molecule is COc1ccc(NC(N)=NCC23CCC(CC2)C3)cc1OC. The lowest BCUT2D eigenvalue weighted by atomic mass is 9.84. The van der Waals surface area contributed by atoms with E-state index < -0.39 is 0 Å². The highest BCUT2D eigenvalue weighted by Crippen LogP contribution is 2.54. The summed E-state index contributed by atoms with van der Waals surface area (Å²) < 4.78 is 10.5. The van der Waals surface area contributed by atoms with Gasteiger partial charge in [-0.15, -0.1) is 0 Å². The first-order chi connectivity index (χ1) is 10.6. The number of guanidine groups is 1. The van der Waals surface area contributed by atoms with Gasteiger partial charge in [-0.25, -0.2) is 0 Å². The monoisotopic (exact) mass is 303 g/mol. The Balaban J connectivity index is 1.63. The van der Waals surface area contributed by atoms with Crippen LogP contribution in [-0.4, -0.2) is 26.7 Å². The largest absolute Gasteiger partial charge is 0.493 e. The van der Waals surface area contributed by atoms with E-state index in [0.717, 1.165) is 18.2 Å². The van der Waals surface area contributed by atoms with Gasteiger partial charge in [0.1, 0.15) is 0 Å². The minimum atomic E-state index is 0.425. The molecular weight excluding hydrogens is 278 g/mol. The first kappa shape index (κ1) is 15.0. The van der Waals surface area contributed by atoms with E-state index in [1.165, 1.54) is 32.1 Å². The molecule has 5 heteroatoms. The molecule has 1 aromatic carbocycles. The lowest BCUT2D eigenvalue weighted by molar-refractivity contribution is 0.307. The van der Waals surface area contributed by atoms with E-state index >= 15 is 0 Å². The summed E-state index contributed by atoms with van der Waals surface area (Å²) in [7, 11) is 3.24. The maximum absolute atomic E-state index is 6.04. The van der Waals surface area contributed by atoms with E-state index in [1.54, 1.807) is 14.2 Å². The predicted molar refractivity (Wildman–Crippen MR) is 88.7 cm³/mol. The van der Waals surface area contributed by atoms with Crippen molar-refractivity contribution in [3.63, 3.8) is 0 Å². The molecule has 2 bridgehead atoms. The number of aliphatic imine (C=N–C) groups is 1. The zero-order valence-corrected chi connectivity index (χ0v) is 13.4. The number of ether oxygens (including phenoxy) is 2. The molecule has 2 aliphatic rings. The van der Waals surface area contributed by atoms with Crippen molar-refractivity contribution in [1.29, 1.82) is 0 Å². The van der Waals surface area contributed by atoms with Crippen molar-refractivity contribution in [2.24, 2.45) is 22.1 Å². The number of rotatable bonds is 5. The van der Waals surface area contributed by atoms with E-state index in [-0.39, 0.29) is 0 Å². The zero-order chi connectivity index (χ0) is 15.6. The van der Waals surface area contributed by atoms with Gasteiger partial charge in [-0.1, -0.05) is 0 Å². The Morgan fingerprint density at radius 2 is 2.00 bits per heavy atom. The fraction of sp³-hybridized carbons (Fsp3) is 0.588. The fourth-order valence-electron chi connectivity index (χ4n) is 3.89. The summed E-state index contributed by atoms with van der Waals surface area (Å²) in [5.74, 6) is 2.78. The number of hydrogen-bond acceptors (Lipinski definition) is 3. The molecule has 2 fully saturated rings. The van der Waals surface area contributed by atoms with Crippen molar-refractivity contribution in [3.05, 3.63) is 18.2 Å². The minimum Gasteiger partial charge on any atom is -0.493 e. The average Bonchev–Trinajstić information content (AvgIpc) is 3.14. The van der Waals surface area contributed by atoms with Crippen LogP contribution in [0, 0.1) is 11.3 Å². The van der Waals surface area contributed by atoms with Crippen LogP contribution in [0.25, 0.3) is 0 Å². The number of nitrogens with one attached hydrogen (secondary N) is 1. The molecular formula is C17H25N3O2. The highest BCUT2D eigenvalue weighted by atomic mass is 16.5. The Morgan fingerprint density at radius 1 is 1.27 bits per heavy atom. The summed E-state index contributed by atoms with van der Waals surface area (Å²) >= 11 is 0. The second-order valence-electron chi connectivity index (χ2n) is 6.54. The number of nitrogens with two attached hydrogens (primary N) is 1. The Kier molecular flexibility index (Phi) is 4.14. The summed E-state index contributed by atoms with van der Waals surface area (Å²) in [4.78, 5) is 4.58. The van der Waals surface area contributed by atoms with Gasteiger partial charge in [0.2, 0.25) is 0 Å². The summed E-state index contributed by atoms with van der Waals surface area (Å²) in [6.45, 7) is 0.843. The Morgan fingerprint density at radius 3 is 2.59 bits per heavy atom. The first-order valence-electron chi connectivity index (χ1n) is 7.93. The Hall–Kier alpha value is -1.91. The zero-order valence-electron chi connectivity index (χ0n) is 13.4. The second-order valence-corrected chi connectivity index (χ2v) is 6.54. The Labute approximate surface area is 131 Å². The third-order valence-corrected chi connectivity index (χ3v) is 5.13. The maximum Gasteiger partial charge on any atom is 0.193 e. The third-order valence-electron chi connectivity index (χ3n) is 5.13. The highest BCUT2D eigenvalue weighted by molar-refractivity contribution is 5.92. The smallest absolute Gasteiger partial charge is 0.193 e. The van der Waals surface area contributed by atoms with Crippen molar-refractivity contribution < 1.29 is 9.47 Å². The summed E-state index contributed by atoms with van der Waals surface area (Å²) in [5, 5.41) is 3.14. The van der Waals surface area contributed by atoms with Gasteiger partial charge in [-0.2, -0.15) is 0 Å². The second kappa shape index (κ2) is 6.07. The lowest BCUT2D eigenvalue weighted by Crippen LogP contribution is -2.26. The molecule has 0 atom stereocenters. The van der Waals surface area contributed by atoms with Gasteiger partial charge in [-0.3, -0.25) is 4.99 Å². The van der Waals surface area contributed by atoms with Crippen molar-refractivity contribution in [2.45, 2.75) is 32.1 Å². The van der Waals surface area contributed by atoms with Gasteiger partial charge in [-0.05, 0) is 55.6 Å². The third kappa shape index (κ3) is 2.98. The molecule has 0 amide bonds. The molecule has 0 radical (unpaired) electrons. The molecule has 0 aliphatic heterocycles. The van der Waals surface area contributed by atoms with Crippen LogP contribution in [0.5, 0.6) is 11.5 Å². The molecule has 0 unspecified atom stereocenters. The van der Waals surface area contributed by atoms with E-state index in [9.17, 15) is 0 Å². The van der Waals surface area contributed by atoms with Gasteiger partial charge in [0.05, 0.1) is 14.2 Å². The normalized spacial score (nSPS) is 27.0. The van der Waals surface area contributed by atoms with E-state index in [2.05, 4.69) is 10.3 Å². The first-order valence-corrected chi connectivity index (χ1v) is 7.93. The standard InChI is InChI=1S/C17H25N3O2/c1-21-14-4-3-13(9-15(14)22-2)20-16(18)19-11-17-7-5-12(10-17)6-8-17/h3-4,9,12H,5-8,10-11H2,1-2H3,(H3,18,19,20). The summed E-state index contributed by atoms with van der Waals surface area (Å²) in [6, 6.07) is 5.62. The van der Waals surface area contributed by atoms with Gasteiger partial charge in [0.25, 0.3) is 0 Å². The molecule has 0 saturated heterocycles. The van der Waals surface area contributed by atoms with Crippen molar-refractivity contribution in [1.82, 2.24) is 0 Å². The number of nitrogens with zero attached hydrogens (tertiary/aromatic N) is 1. The molecule has 0 spiro atoms. The van der Waals surface area contributed by atoms with Crippen LogP contribution >= 0.6 is 0 Å². The average molecular weight is 303 g/mol. The highest BCUT2D eigenvalue weighted by Gasteiger charge is 2.44. The molecule has 0 heterocycles. The van der Waals surface area contributed by atoms with Crippen molar-refractivity contribution in [3.8, 4) is 11.5 Å². The van der Waals surface area contributed by atoms with Gasteiger partial charge in [0.15, 0.2) is 17.5 Å². The summed E-state index contributed by atoms with van der Waals surface area (Å²) in [5.41, 5.74) is 7.32. The van der Waals surface area contributed by atoms with Crippen LogP contribution in [-0.2, 0) is 0 Å². The van der Waals surface area contributed by atoms with E-state index in [0.29, 0.717) is 22.9 Å². The number of fused-ring (bicyclic) bond motifs is 2. The number of anilines is 1. The molecule has 5 nitrogen and oxygen atoms in total. The maximum atomic E-state index is 6.04. The predicted octanol–water partition coefficient (Wildman–Crippen LogP) is 3.01. The minimum absolute atomic E-state index is 0.425. The van der Waals surface area contributed by atoms with Crippen LogP contribution in [0.4, 0.5) is 5.69 Å². The number of hydrogen-bond donors (Lipinski definition) is 2. The molecule has 0 aromatic heterocycles. The van der Waals surface area contributed by atoms with Crippen LogP contribution in [0.15, 0.2) is 23.2 Å². The molecule has 2 saturated carbocycles. The van der Waals surface area contributed by atoms with Crippen molar-refractivity contribution >= 4 is 11.6 Å². The topological polar surface area (TPSA) is 68.9 Å². The van der Waals surface area contributed by atoms with Gasteiger partial charge in [0, 0.05) is 18.3 Å². The molecule has 3 rings (SSSR count). The molecule has 1 aromatic rings. The molecule has 120 valence electrons. The Bertz CT molecular complexity index is 563. The van der Waals surface area contributed by atoms with Gasteiger partial charge < -0.3 is 20.5 Å². The molecule has 3 N–H and O–H groups in total. The summed E-state index contributed by atoms with van der Waals surface area (Å²) in [6.07, 6.45) is 6.70. The number of methoxy groups -OCH3 is 2. The van der Waals surface area contributed by atoms with E-state index in [1.807, 2.05) is 18.2 Å². The van der Waals surface area contributed by atoms with E-state index in [4.69, 9.17) is 15.2 Å². The van der Waals surface area contributed by atoms with Crippen LogP contribution in [0.3, 0.4) is 0 Å². The van der Waals surface area contributed by atoms with Crippen LogP contribution in [0.2, 0.25) is 0 Å². The quantitative estimate of drug-likeness (QED) is 0.648. The molecule has 2 aliphatic carbocycles. The lowest BCUT2D eigenvalue weighted by Gasteiger charge is -2.24. The van der Waals surface area contributed by atoms with Crippen LogP contribution in [0.1, 0.15) is 32.1 Å². The van der Waals surface area contributed by atoms with Gasteiger partial charge >= 0.3 is 0 Å². The number of benzene rings is 1. The van der Waals surface area contributed by atoms with Crippen LogP contribution < -0.4 is 20.5 Å². The van der Waals surface area contributed by atoms with Crippen molar-refractivity contribution in [2.75, 3.05) is 26.1 Å². The fourth-order valence-corrected chi connectivity index (χ4v) is 3.89. The molecule has 22 heavy (non-hydrogen) atoms.